The minimum absolute atomic E-state index is 0.0108. The van der Waals surface area contributed by atoms with Crippen molar-refractivity contribution in [1.29, 1.82) is 0 Å². The van der Waals surface area contributed by atoms with Gasteiger partial charge in [0, 0.05) is 23.4 Å². The SMILES string of the molecule is CCCOC(=O)C1=C(C)NC(C)=C(C(C)=O)C1. The molecule has 94 valence electrons. The van der Waals surface area contributed by atoms with E-state index in [1.165, 1.54) is 6.92 Å². The lowest BCUT2D eigenvalue weighted by Gasteiger charge is -2.21. The van der Waals surface area contributed by atoms with E-state index in [1.54, 1.807) is 0 Å². The maximum Gasteiger partial charge on any atom is 0.336 e. The van der Waals surface area contributed by atoms with Crippen LogP contribution >= 0.6 is 0 Å². The van der Waals surface area contributed by atoms with E-state index in [-0.39, 0.29) is 11.8 Å². The number of dihydropyridines is 1. The predicted octanol–water partition coefficient (Wildman–Crippen LogP) is 2.07. The summed E-state index contributed by atoms with van der Waals surface area (Å²) >= 11 is 0. The second kappa shape index (κ2) is 5.66. The zero-order valence-corrected chi connectivity index (χ0v) is 10.8. The van der Waals surface area contributed by atoms with E-state index in [2.05, 4.69) is 5.32 Å². The third kappa shape index (κ3) is 3.19. The van der Waals surface area contributed by atoms with E-state index in [4.69, 9.17) is 4.74 Å². The van der Waals surface area contributed by atoms with Gasteiger partial charge in [0.25, 0.3) is 0 Å². The normalized spacial score (nSPS) is 15.8. The Labute approximate surface area is 102 Å². The van der Waals surface area contributed by atoms with E-state index in [0.29, 0.717) is 24.2 Å². The topological polar surface area (TPSA) is 55.4 Å². The summed E-state index contributed by atoms with van der Waals surface area (Å²) in [6.07, 6.45) is 1.16. The Morgan fingerprint density at radius 2 is 1.82 bits per heavy atom. The third-order valence-corrected chi connectivity index (χ3v) is 2.74. The summed E-state index contributed by atoms with van der Waals surface area (Å²) in [7, 11) is 0. The summed E-state index contributed by atoms with van der Waals surface area (Å²) in [5.74, 6) is -0.341. The molecule has 17 heavy (non-hydrogen) atoms. The van der Waals surface area contributed by atoms with Gasteiger partial charge in [0.2, 0.25) is 0 Å². The number of hydrogen-bond acceptors (Lipinski definition) is 4. The molecule has 0 amide bonds. The smallest absolute Gasteiger partial charge is 0.336 e. The third-order valence-electron chi connectivity index (χ3n) is 2.74. The molecule has 0 unspecified atom stereocenters. The number of carbonyl (C=O) groups excluding carboxylic acids is 2. The maximum absolute atomic E-state index is 11.8. The van der Waals surface area contributed by atoms with E-state index in [9.17, 15) is 9.59 Å². The molecule has 0 atom stereocenters. The number of ether oxygens (including phenoxy) is 1. The number of carbonyl (C=O) groups is 2. The lowest BCUT2D eigenvalue weighted by atomic mass is 9.96. The average Bonchev–Trinajstić information content (AvgIpc) is 2.25. The van der Waals surface area contributed by atoms with Crippen molar-refractivity contribution >= 4 is 11.8 Å². The summed E-state index contributed by atoms with van der Waals surface area (Å²) in [6.45, 7) is 7.53. The van der Waals surface area contributed by atoms with Crippen molar-refractivity contribution in [2.45, 2.75) is 40.5 Å². The van der Waals surface area contributed by atoms with Crippen molar-refractivity contribution in [3.05, 3.63) is 22.5 Å². The van der Waals surface area contributed by atoms with Gasteiger partial charge in [-0.15, -0.1) is 0 Å². The molecule has 4 nitrogen and oxygen atoms in total. The first-order chi connectivity index (χ1) is 7.97. The number of allylic oxidation sites excluding steroid dienone is 3. The molecule has 0 radical (unpaired) electrons. The van der Waals surface area contributed by atoms with Crippen LogP contribution in [0.15, 0.2) is 22.5 Å². The Balaban J connectivity index is 2.84. The Kier molecular flexibility index (Phi) is 4.49. The van der Waals surface area contributed by atoms with Gasteiger partial charge < -0.3 is 10.1 Å². The highest BCUT2D eigenvalue weighted by Crippen LogP contribution is 2.24. The molecule has 0 aromatic carbocycles. The molecule has 0 fully saturated rings. The molecule has 0 aromatic rings. The van der Waals surface area contributed by atoms with Crippen molar-refractivity contribution in [2.75, 3.05) is 6.61 Å². The number of rotatable bonds is 4. The highest BCUT2D eigenvalue weighted by molar-refractivity contribution is 5.99. The monoisotopic (exact) mass is 237 g/mol. The molecule has 0 aromatic heterocycles. The first kappa shape index (κ1) is 13.5. The van der Waals surface area contributed by atoms with Crippen LogP contribution in [0.3, 0.4) is 0 Å². The van der Waals surface area contributed by atoms with Crippen LogP contribution in [-0.4, -0.2) is 18.4 Å². The Bertz CT molecular complexity index is 405. The Hall–Kier alpha value is -1.58. The van der Waals surface area contributed by atoms with Gasteiger partial charge in [0.05, 0.1) is 12.2 Å². The molecule has 0 aliphatic carbocycles. The first-order valence-electron chi connectivity index (χ1n) is 5.82. The minimum Gasteiger partial charge on any atom is -0.462 e. The fraction of sp³-hybridized carbons (Fsp3) is 0.538. The van der Waals surface area contributed by atoms with Crippen LogP contribution in [0.5, 0.6) is 0 Å². The van der Waals surface area contributed by atoms with Crippen LogP contribution < -0.4 is 5.32 Å². The molecule has 1 aliphatic rings. The van der Waals surface area contributed by atoms with E-state index >= 15 is 0 Å². The molecule has 1 aliphatic heterocycles. The van der Waals surface area contributed by atoms with Crippen LogP contribution in [-0.2, 0) is 14.3 Å². The highest BCUT2D eigenvalue weighted by Gasteiger charge is 2.23. The standard InChI is InChI=1S/C13H19NO3/c1-5-6-17-13(16)12-7-11(10(4)15)8(2)14-9(12)3/h14H,5-7H2,1-4H3. The molecule has 0 saturated heterocycles. The molecule has 0 saturated carbocycles. The van der Waals surface area contributed by atoms with Crippen molar-refractivity contribution in [3.8, 4) is 0 Å². The molecule has 1 rings (SSSR count). The number of nitrogens with one attached hydrogen (secondary N) is 1. The van der Waals surface area contributed by atoms with Crippen molar-refractivity contribution in [1.82, 2.24) is 5.32 Å². The lowest BCUT2D eigenvalue weighted by molar-refractivity contribution is -0.139. The number of esters is 1. The van der Waals surface area contributed by atoms with Crippen molar-refractivity contribution in [2.24, 2.45) is 0 Å². The van der Waals surface area contributed by atoms with Crippen LogP contribution in [0.1, 0.15) is 40.5 Å². The van der Waals surface area contributed by atoms with Gasteiger partial charge in [-0.05, 0) is 27.2 Å². The number of Topliss-reactive ketones (excluding diaryl/α,β-unsaturated/α-hetero) is 1. The van der Waals surface area contributed by atoms with E-state index in [0.717, 1.165) is 17.8 Å². The minimum atomic E-state index is -0.330. The summed E-state index contributed by atoms with van der Waals surface area (Å²) in [6, 6.07) is 0. The molecule has 0 spiro atoms. The van der Waals surface area contributed by atoms with Crippen LogP contribution in [0, 0.1) is 0 Å². The zero-order valence-electron chi connectivity index (χ0n) is 10.8. The molecule has 1 N–H and O–H groups in total. The van der Waals surface area contributed by atoms with Gasteiger partial charge in [0.15, 0.2) is 5.78 Å². The van der Waals surface area contributed by atoms with Gasteiger partial charge in [-0.3, -0.25) is 4.79 Å². The second-order valence-electron chi connectivity index (χ2n) is 4.20. The molecule has 0 bridgehead atoms. The van der Waals surface area contributed by atoms with Crippen LogP contribution in [0.25, 0.3) is 0 Å². The van der Waals surface area contributed by atoms with E-state index in [1.807, 2.05) is 20.8 Å². The van der Waals surface area contributed by atoms with Gasteiger partial charge in [-0.1, -0.05) is 6.92 Å². The second-order valence-corrected chi connectivity index (χ2v) is 4.20. The number of hydrogen-bond donors (Lipinski definition) is 1. The largest absolute Gasteiger partial charge is 0.462 e. The summed E-state index contributed by atoms with van der Waals surface area (Å²) in [5, 5.41) is 3.06. The summed E-state index contributed by atoms with van der Waals surface area (Å²) in [4.78, 5) is 23.2. The Morgan fingerprint density at radius 1 is 1.24 bits per heavy atom. The number of ketones is 1. The average molecular weight is 237 g/mol. The highest BCUT2D eigenvalue weighted by atomic mass is 16.5. The zero-order chi connectivity index (χ0) is 13.0. The fourth-order valence-electron chi connectivity index (χ4n) is 1.77. The van der Waals surface area contributed by atoms with Gasteiger partial charge >= 0.3 is 5.97 Å². The quantitative estimate of drug-likeness (QED) is 0.760. The van der Waals surface area contributed by atoms with Crippen LogP contribution in [0.2, 0.25) is 0 Å². The van der Waals surface area contributed by atoms with E-state index < -0.39 is 0 Å². The van der Waals surface area contributed by atoms with Crippen molar-refractivity contribution in [3.63, 3.8) is 0 Å². The van der Waals surface area contributed by atoms with Gasteiger partial charge in [-0.25, -0.2) is 4.79 Å². The fourth-order valence-corrected chi connectivity index (χ4v) is 1.77. The molecular formula is C13H19NO3. The Morgan fingerprint density at radius 3 is 2.35 bits per heavy atom. The van der Waals surface area contributed by atoms with Gasteiger partial charge in [0.1, 0.15) is 0 Å². The maximum atomic E-state index is 11.8. The van der Waals surface area contributed by atoms with Gasteiger partial charge in [-0.2, -0.15) is 0 Å². The predicted molar refractivity (Wildman–Crippen MR) is 65.1 cm³/mol. The summed E-state index contributed by atoms with van der Waals surface area (Å²) in [5.41, 5.74) is 2.80. The molecular weight excluding hydrogens is 218 g/mol. The van der Waals surface area contributed by atoms with Crippen molar-refractivity contribution < 1.29 is 14.3 Å². The summed E-state index contributed by atoms with van der Waals surface area (Å²) < 4.78 is 5.09. The van der Waals surface area contributed by atoms with Crippen LogP contribution in [0.4, 0.5) is 0 Å². The molecule has 1 heterocycles. The first-order valence-corrected chi connectivity index (χ1v) is 5.82. The molecule has 4 heteroatoms. The lowest BCUT2D eigenvalue weighted by Crippen LogP contribution is -2.25.